The van der Waals surface area contributed by atoms with E-state index in [1.54, 1.807) is 0 Å². The van der Waals surface area contributed by atoms with Gasteiger partial charge in [-0.1, -0.05) is 12.8 Å². The fourth-order valence-corrected chi connectivity index (χ4v) is 3.90. The fraction of sp³-hybridized carbons (Fsp3) is 0.611. The number of nitrogens with one attached hydrogen (secondary N) is 1. The SMILES string of the molecule is O=C(NC1CCN(C2CCCCC2O)CC1)c1ccc([N+](=O)[O-])cc1. The third kappa shape index (κ3) is 4.35. The number of likely N-dealkylation sites (tertiary alicyclic amines) is 1. The second kappa shape index (κ2) is 7.93. The first-order valence-corrected chi connectivity index (χ1v) is 9.02. The molecule has 136 valence electrons. The van der Waals surface area contributed by atoms with Gasteiger partial charge >= 0.3 is 0 Å². The monoisotopic (exact) mass is 347 g/mol. The van der Waals surface area contributed by atoms with Gasteiger partial charge in [-0.2, -0.15) is 0 Å². The molecular weight excluding hydrogens is 322 g/mol. The maximum Gasteiger partial charge on any atom is 0.269 e. The van der Waals surface area contributed by atoms with Crippen molar-refractivity contribution in [2.75, 3.05) is 13.1 Å². The van der Waals surface area contributed by atoms with Crippen LogP contribution in [0.1, 0.15) is 48.9 Å². The Hall–Kier alpha value is -1.99. The van der Waals surface area contributed by atoms with Crippen molar-refractivity contribution in [1.29, 1.82) is 0 Å². The molecule has 0 radical (unpaired) electrons. The Balaban J connectivity index is 1.49. The van der Waals surface area contributed by atoms with Crippen LogP contribution in [0.5, 0.6) is 0 Å². The molecule has 2 N–H and O–H groups in total. The van der Waals surface area contributed by atoms with Crippen molar-refractivity contribution >= 4 is 11.6 Å². The number of carbonyl (C=O) groups is 1. The number of amides is 1. The van der Waals surface area contributed by atoms with Crippen molar-refractivity contribution < 1.29 is 14.8 Å². The number of hydrogen-bond acceptors (Lipinski definition) is 5. The Morgan fingerprint density at radius 2 is 1.76 bits per heavy atom. The van der Waals surface area contributed by atoms with Crippen molar-refractivity contribution in [3.8, 4) is 0 Å². The van der Waals surface area contributed by atoms with Crippen molar-refractivity contribution in [3.05, 3.63) is 39.9 Å². The number of aliphatic hydroxyl groups excluding tert-OH is 1. The molecular formula is C18H25N3O4. The number of carbonyl (C=O) groups excluding carboxylic acids is 1. The molecule has 1 heterocycles. The molecule has 1 aliphatic carbocycles. The number of nitro groups is 1. The van der Waals surface area contributed by atoms with Crippen LogP contribution in [-0.4, -0.2) is 52.1 Å². The van der Waals surface area contributed by atoms with E-state index in [0.717, 1.165) is 45.2 Å². The van der Waals surface area contributed by atoms with Crippen LogP contribution < -0.4 is 5.32 Å². The molecule has 25 heavy (non-hydrogen) atoms. The van der Waals surface area contributed by atoms with Crippen LogP contribution in [0.25, 0.3) is 0 Å². The number of rotatable bonds is 4. The smallest absolute Gasteiger partial charge is 0.269 e. The van der Waals surface area contributed by atoms with Crippen LogP contribution >= 0.6 is 0 Å². The summed E-state index contributed by atoms with van der Waals surface area (Å²) in [5, 5.41) is 23.9. The van der Waals surface area contributed by atoms with E-state index in [1.165, 1.54) is 30.7 Å². The average Bonchev–Trinajstić information content (AvgIpc) is 2.63. The molecule has 1 aromatic rings. The van der Waals surface area contributed by atoms with Gasteiger partial charge in [0, 0.05) is 42.9 Å². The largest absolute Gasteiger partial charge is 0.391 e. The van der Waals surface area contributed by atoms with Crippen molar-refractivity contribution in [2.24, 2.45) is 0 Å². The maximum atomic E-state index is 12.3. The molecule has 0 bridgehead atoms. The lowest BCUT2D eigenvalue weighted by molar-refractivity contribution is -0.384. The van der Waals surface area contributed by atoms with Crippen molar-refractivity contribution in [2.45, 2.75) is 56.7 Å². The first-order chi connectivity index (χ1) is 12.0. The zero-order valence-corrected chi connectivity index (χ0v) is 14.3. The van der Waals surface area contributed by atoms with Gasteiger partial charge in [-0.15, -0.1) is 0 Å². The van der Waals surface area contributed by atoms with Crippen molar-refractivity contribution in [3.63, 3.8) is 0 Å². The summed E-state index contributed by atoms with van der Waals surface area (Å²) in [5.41, 5.74) is 0.423. The molecule has 0 spiro atoms. The summed E-state index contributed by atoms with van der Waals surface area (Å²) in [7, 11) is 0. The number of non-ortho nitro benzene ring substituents is 1. The molecule has 7 heteroatoms. The Bertz CT molecular complexity index is 611. The number of nitrogens with zero attached hydrogens (tertiary/aromatic N) is 2. The summed E-state index contributed by atoms with van der Waals surface area (Å²) in [6.07, 6.45) is 5.74. The zero-order valence-electron chi connectivity index (χ0n) is 14.3. The molecule has 1 saturated heterocycles. The molecule has 2 aliphatic rings. The first kappa shape index (κ1) is 17.8. The average molecular weight is 347 g/mol. The summed E-state index contributed by atoms with van der Waals surface area (Å²) >= 11 is 0. The molecule has 0 aromatic heterocycles. The van der Waals surface area contributed by atoms with Crippen LogP contribution in [0.3, 0.4) is 0 Å². The van der Waals surface area contributed by atoms with Gasteiger partial charge in [-0.3, -0.25) is 19.8 Å². The van der Waals surface area contributed by atoms with Gasteiger partial charge < -0.3 is 10.4 Å². The van der Waals surface area contributed by atoms with Crippen LogP contribution in [0.4, 0.5) is 5.69 Å². The predicted molar refractivity (Wildman–Crippen MR) is 93.4 cm³/mol. The third-order valence-corrected chi connectivity index (χ3v) is 5.37. The van der Waals surface area contributed by atoms with E-state index in [9.17, 15) is 20.0 Å². The lowest BCUT2D eigenvalue weighted by Gasteiger charge is -2.41. The highest BCUT2D eigenvalue weighted by atomic mass is 16.6. The molecule has 2 fully saturated rings. The van der Waals surface area contributed by atoms with Gasteiger partial charge in [0.15, 0.2) is 0 Å². The van der Waals surface area contributed by atoms with E-state index < -0.39 is 4.92 Å². The van der Waals surface area contributed by atoms with Gasteiger partial charge in [0.2, 0.25) is 0 Å². The minimum absolute atomic E-state index is 0.0177. The topological polar surface area (TPSA) is 95.7 Å². The normalized spacial score (nSPS) is 25.5. The lowest BCUT2D eigenvalue weighted by atomic mass is 9.89. The van der Waals surface area contributed by atoms with Gasteiger partial charge in [-0.25, -0.2) is 0 Å². The van der Waals surface area contributed by atoms with E-state index in [1.807, 2.05) is 0 Å². The predicted octanol–water partition coefficient (Wildman–Crippen LogP) is 2.09. The fourth-order valence-electron chi connectivity index (χ4n) is 3.90. The summed E-state index contributed by atoms with van der Waals surface area (Å²) < 4.78 is 0. The minimum atomic E-state index is -0.475. The number of aliphatic hydroxyl groups is 1. The van der Waals surface area contributed by atoms with Gasteiger partial charge in [0.25, 0.3) is 11.6 Å². The first-order valence-electron chi connectivity index (χ1n) is 9.02. The Labute approximate surface area is 147 Å². The van der Waals surface area contributed by atoms with Crippen molar-refractivity contribution in [1.82, 2.24) is 10.2 Å². The van der Waals surface area contributed by atoms with E-state index in [-0.39, 0.29) is 29.8 Å². The number of benzene rings is 1. The van der Waals surface area contributed by atoms with E-state index >= 15 is 0 Å². The van der Waals surface area contributed by atoms with Gasteiger partial charge in [-0.05, 0) is 37.8 Å². The van der Waals surface area contributed by atoms with Gasteiger partial charge in [0.05, 0.1) is 11.0 Å². The minimum Gasteiger partial charge on any atom is -0.391 e. The number of nitro benzene ring substituents is 1. The summed E-state index contributed by atoms with van der Waals surface area (Å²) in [4.78, 5) is 24.8. The quantitative estimate of drug-likeness (QED) is 0.642. The van der Waals surface area contributed by atoms with E-state index in [0.29, 0.717) is 5.56 Å². The van der Waals surface area contributed by atoms with Crippen LogP contribution in [0, 0.1) is 10.1 Å². The zero-order chi connectivity index (χ0) is 17.8. The van der Waals surface area contributed by atoms with E-state index in [4.69, 9.17) is 0 Å². The van der Waals surface area contributed by atoms with Gasteiger partial charge in [0.1, 0.15) is 0 Å². The molecule has 2 atom stereocenters. The molecule has 1 aliphatic heterocycles. The van der Waals surface area contributed by atoms with Crippen LogP contribution in [0.2, 0.25) is 0 Å². The maximum absolute atomic E-state index is 12.3. The summed E-state index contributed by atoms with van der Waals surface area (Å²) in [6, 6.07) is 6.05. The molecule has 7 nitrogen and oxygen atoms in total. The number of piperidine rings is 1. The third-order valence-electron chi connectivity index (χ3n) is 5.37. The summed E-state index contributed by atoms with van der Waals surface area (Å²) in [5.74, 6) is -0.189. The number of hydrogen-bond donors (Lipinski definition) is 2. The second-order valence-corrected chi connectivity index (χ2v) is 7.01. The van der Waals surface area contributed by atoms with Crippen LogP contribution in [-0.2, 0) is 0 Å². The summed E-state index contributed by atoms with van der Waals surface area (Å²) in [6.45, 7) is 1.76. The Morgan fingerprint density at radius 3 is 2.36 bits per heavy atom. The second-order valence-electron chi connectivity index (χ2n) is 7.01. The lowest BCUT2D eigenvalue weighted by Crippen LogP contribution is -2.52. The Kier molecular flexibility index (Phi) is 5.65. The highest BCUT2D eigenvalue weighted by molar-refractivity contribution is 5.94. The molecule has 1 saturated carbocycles. The Morgan fingerprint density at radius 1 is 1.12 bits per heavy atom. The molecule has 1 aromatic carbocycles. The van der Waals surface area contributed by atoms with E-state index in [2.05, 4.69) is 10.2 Å². The molecule has 2 unspecified atom stereocenters. The van der Waals surface area contributed by atoms with Crippen LogP contribution in [0.15, 0.2) is 24.3 Å². The highest BCUT2D eigenvalue weighted by Gasteiger charge is 2.31. The molecule has 1 amide bonds. The standard InChI is InChI=1S/C18H25N3O4/c22-17-4-2-1-3-16(17)20-11-9-14(10-12-20)19-18(23)13-5-7-15(8-6-13)21(24)25/h5-8,14,16-17,22H,1-4,9-12H2,(H,19,23). The molecule has 3 rings (SSSR count). The highest BCUT2D eigenvalue weighted by Crippen LogP contribution is 2.26.